The number of benzene rings is 1. The van der Waals surface area contributed by atoms with Gasteiger partial charge < -0.3 is 0 Å². The van der Waals surface area contributed by atoms with Crippen molar-refractivity contribution in [3.8, 4) is 0 Å². The Morgan fingerprint density at radius 3 is 2.94 bits per heavy atom. The van der Waals surface area contributed by atoms with E-state index in [9.17, 15) is 10.1 Å². The zero-order valence-corrected chi connectivity index (χ0v) is 10.7. The van der Waals surface area contributed by atoms with Crippen molar-refractivity contribution >= 4 is 46.3 Å². The van der Waals surface area contributed by atoms with Crippen molar-refractivity contribution in [1.29, 1.82) is 0 Å². The van der Waals surface area contributed by atoms with Crippen molar-refractivity contribution in [2.45, 2.75) is 4.90 Å². The molecule has 2 aromatic rings. The molecule has 0 aliphatic carbocycles. The number of hydrogen-bond donors (Lipinski definition) is 2. The molecule has 6 nitrogen and oxygen atoms in total. The van der Waals surface area contributed by atoms with Gasteiger partial charge in [0.05, 0.1) is 4.92 Å². The highest BCUT2D eigenvalue weighted by atomic mass is 32.2. The van der Waals surface area contributed by atoms with E-state index in [0.717, 1.165) is 11.9 Å². The highest BCUT2D eigenvalue weighted by Crippen LogP contribution is 2.29. The third-order valence-electron chi connectivity index (χ3n) is 1.75. The number of H-pyrrole nitrogens is 1. The van der Waals surface area contributed by atoms with Gasteiger partial charge in [-0.25, -0.2) is 0 Å². The maximum atomic E-state index is 10.8. The van der Waals surface area contributed by atoms with Crippen LogP contribution in [0.15, 0.2) is 29.2 Å². The maximum Gasteiger partial charge on any atom is 0.284 e. The van der Waals surface area contributed by atoms with Crippen LogP contribution < -0.4 is 4.72 Å². The highest BCUT2D eigenvalue weighted by molar-refractivity contribution is 8.00. The molecule has 1 aromatic heterocycles. The van der Waals surface area contributed by atoms with Crippen LogP contribution in [0.2, 0.25) is 0 Å². The van der Waals surface area contributed by atoms with Crippen LogP contribution in [0, 0.1) is 14.1 Å². The maximum absolute atomic E-state index is 10.8. The second-order valence-corrected chi connectivity index (χ2v) is 5.36. The number of anilines is 1. The number of hydrogen-bond acceptors (Lipinski definition) is 7. The molecule has 0 amide bonds. The van der Waals surface area contributed by atoms with Gasteiger partial charge in [0.2, 0.25) is 5.13 Å². The molecular formula is C8H6N4O2S3. The van der Waals surface area contributed by atoms with Crippen molar-refractivity contribution < 1.29 is 4.92 Å². The van der Waals surface area contributed by atoms with Gasteiger partial charge in [0, 0.05) is 6.07 Å². The molecular weight excluding hydrogens is 280 g/mol. The zero-order chi connectivity index (χ0) is 12.3. The van der Waals surface area contributed by atoms with E-state index in [1.165, 1.54) is 17.4 Å². The van der Waals surface area contributed by atoms with Crippen molar-refractivity contribution in [3.63, 3.8) is 0 Å². The molecule has 0 fully saturated rings. The smallest absolute Gasteiger partial charge is 0.284 e. The fourth-order valence-corrected chi connectivity index (χ4v) is 2.64. The van der Waals surface area contributed by atoms with E-state index >= 15 is 0 Å². The van der Waals surface area contributed by atoms with E-state index < -0.39 is 4.92 Å². The summed E-state index contributed by atoms with van der Waals surface area (Å²) in [6.07, 6.45) is 0. The summed E-state index contributed by atoms with van der Waals surface area (Å²) in [5.74, 6) is 0. The van der Waals surface area contributed by atoms with Crippen LogP contribution in [0.5, 0.6) is 0 Å². The predicted molar refractivity (Wildman–Crippen MR) is 69.9 cm³/mol. The molecule has 1 aromatic carbocycles. The zero-order valence-electron chi connectivity index (χ0n) is 8.25. The molecule has 1 heterocycles. The van der Waals surface area contributed by atoms with Crippen LogP contribution in [0.4, 0.5) is 10.8 Å². The van der Waals surface area contributed by atoms with Crippen molar-refractivity contribution in [1.82, 2.24) is 10.2 Å². The molecule has 2 rings (SSSR count). The first-order chi connectivity index (χ1) is 8.16. The number of aromatic amines is 1. The third kappa shape index (κ3) is 3.02. The Balaban J connectivity index is 2.14. The Morgan fingerprint density at radius 2 is 2.29 bits per heavy atom. The predicted octanol–water partition coefficient (Wildman–Crippen LogP) is 3.23. The number of rotatable bonds is 4. The monoisotopic (exact) mass is 286 g/mol. The van der Waals surface area contributed by atoms with Crippen LogP contribution >= 0.6 is 35.5 Å². The molecule has 0 saturated carbocycles. The summed E-state index contributed by atoms with van der Waals surface area (Å²) in [7, 11) is 0. The number of aromatic nitrogens is 2. The van der Waals surface area contributed by atoms with Crippen LogP contribution in [0.1, 0.15) is 0 Å². The lowest BCUT2D eigenvalue weighted by atomic mass is 10.3. The summed E-state index contributed by atoms with van der Waals surface area (Å²) in [5, 5.41) is 17.9. The van der Waals surface area contributed by atoms with Gasteiger partial charge in [-0.2, -0.15) is 0 Å². The molecule has 9 heteroatoms. The van der Waals surface area contributed by atoms with Gasteiger partial charge in [-0.1, -0.05) is 23.5 Å². The van der Waals surface area contributed by atoms with Gasteiger partial charge in [0.15, 0.2) is 3.95 Å². The van der Waals surface area contributed by atoms with Gasteiger partial charge in [-0.15, -0.1) is 5.10 Å². The van der Waals surface area contributed by atoms with E-state index in [0.29, 0.717) is 14.0 Å². The molecule has 2 N–H and O–H groups in total. The topological polar surface area (TPSA) is 83.8 Å². The van der Waals surface area contributed by atoms with E-state index in [1.807, 2.05) is 0 Å². The Bertz CT molecular complexity index is 594. The fourth-order valence-electron chi connectivity index (χ4n) is 1.07. The van der Waals surface area contributed by atoms with Crippen molar-refractivity contribution in [2.75, 3.05) is 4.72 Å². The lowest BCUT2D eigenvalue weighted by Gasteiger charge is -2.01. The van der Waals surface area contributed by atoms with Crippen LogP contribution in [-0.4, -0.2) is 15.1 Å². The number of nitro benzene ring substituents is 1. The van der Waals surface area contributed by atoms with Crippen LogP contribution in [0.3, 0.4) is 0 Å². The summed E-state index contributed by atoms with van der Waals surface area (Å²) in [6.45, 7) is 0. The summed E-state index contributed by atoms with van der Waals surface area (Å²) < 4.78 is 3.45. The normalized spacial score (nSPS) is 10.1. The lowest BCUT2D eigenvalue weighted by molar-refractivity contribution is -0.387. The molecule has 0 aliphatic rings. The minimum atomic E-state index is -0.420. The molecule has 0 bridgehead atoms. The van der Waals surface area contributed by atoms with Gasteiger partial charge in [0.25, 0.3) is 5.69 Å². The number of para-hydroxylation sites is 1. The molecule has 0 radical (unpaired) electrons. The number of nitrogens with one attached hydrogen (secondary N) is 2. The quantitative estimate of drug-likeness (QED) is 0.388. The molecule has 0 unspecified atom stereocenters. The van der Waals surface area contributed by atoms with Gasteiger partial charge in [0.1, 0.15) is 4.90 Å². The average molecular weight is 286 g/mol. The lowest BCUT2D eigenvalue weighted by Crippen LogP contribution is -1.92. The first-order valence-electron chi connectivity index (χ1n) is 4.38. The van der Waals surface area contributed by atoms with Crippen LogP contribution in [0.25, 0.3) is 0 Å². The summed E-state index contributed by atoms with van der Waals surface area (Å²) in [5.41, 5.74) is 0.0594. The van der Waals surface area contributed by atoms with Gasteiger partial charge >= 0.3 is 0 Å². The second kappa shape index (κ2) is 5.25. The van der Waals surface area contributed by atoms with E-state index in [1.54, 1.807) is 18.2 Å². The Hall–Kier alpha value is -1.45. The summed E-state index contributed by atoms with van der Waals surface area (Å²) in [6, 6.07) is 6.49. The van der Waals surface area contributed by atoms with E-state index in [2.05, 4.69) is 14.9 Å². The van der Waals surface area contributed by atoms with Crippen LogP contribution in [-0.2, 0) is 0 Å². The number of nitrogens with zero attached hydrogens (tertiary/aromatic N) is 2. The van der Waals surface area contributed by atoms with E-state index in [-0.39, 0.29) is 5.69 Å². The Morgan fingerprint density at radius 1 is 1.53 bits per heavy atom. The van der Waals surface area contributed by atoms with Crippen molar-refractivity contribution in [2.24, 2.45) is 0 Å². The van der Waals surface area contributed by atoms with Gasteiger partial charge in [-0.3, -0.25) is 19.9 Å². The minimum absolute atomic E-state index is 0.0594. The first kappa shape index (κ1) is 12.0. The fraction of sp³-hybridized carbons (Fsp3) is 0. The molecule has 17 heavy (non-hydrogen) atoms. The number of nitro groups is 1. The van der Waals surface area contributed by atoms with E-state index in [4.69, 9.17) is 12.2 Å². The first-order valence-corrected chi connectivity index (χ1v) is 6.43. The Kier molecular flexibility index (Phi) is 3.71. The molecule has 0 aliphatic heterocycles. The largest absolute Gasteiger partial charge is 0.300 e. The van der Waals surface area contributed by atoms with Crippen molar-refractivity contribution in [3.05, 3.63) is 38.3 Å². The SMILES string of the molecule is O=[N+]([O-])c1ccccc1SNc1n[nH]c(=S)s1. The minimum Gasteiger partial charge on any atom is -0.300 e. The molecule has 0 spiro atoms. The van der Waals surface area contributed by atoms with Gasteiger partial charge in [-0.05, 0) is 30.2 Å². The molecule has 0 saturated heterocycles. The molecule has 88 valence electrons. The third-order valence-corrected chi connectivity index (χ3v) is 3.74. The molecule has 0 atom stereocenters. The highest BCUT2D eigenvalue weighted by Gasteiger charge is 2.13. The average Bonchev–Trinajstić information content (AvgIpc) is 2.73. The Labute approximate surface area is 109 Å². The standard InChI is InChI=1S/C8H6N4O2S3/c13-12(14)5-3-1-2-4-6(5)17-11-7-9-10-8(15)16-7/h1-4H,(H,9,11)(H,10,15). The summed E-state index contributed by atoms with van der Waals surface area (Å²) in [4.78, 5) is 10.9. The summed E-state index contributed by atoms with van der Waals surface area (Å²) >= 11 is 7.27. The second-order valence-electron chi connectivity index (χ2n) is 2.85.